The molecule has 0 aliphatic heterocycles. The summed E-state index contributed by atoms with van der Waals surface area (Å²) in [6, 6.07) is 3.75. The zero-order valence-electron chi connectivity index (χ0n) is 11.7. The van der Waals surface area contributed by atoms with Crippen LogP contribution in [-0.2, 0) is 5.75 Å². The second kappa shape index (κ2) is 5.87. The van der Waals surface area contributed by atoms with Gasteiger partial charge in [-0.2, -0.15) is 11.3 Å². The SMILES string of the molecule is Cc1cc(N)nc(SCc2nc(-c3ccsc3)oc2C)n1. The van der Waals surface area contributed by atoms with Crippen molar-refractivity contribution in [2.75, 3.05) is 5.73 Å². The highest BCUT2D eigenvalue weighted by atomic mass is 32.2. The van der Waals surface area contributed by atoms with Crippen LogP contribution in [0.1, 0.15) is 17.1 Å². The van der Waals surface area contributed by atoms with Gasteiger partial charge in [-0.25, -0.2) is 15.0 Å². The molecule has 5 nitrogen and oxygen atoms in total. The number of nitrogen functional groups attached to an aromatic ring is 1. The van der Waals surface area contributed by atoms with Crippen molar-refractivity contribution in [1.82, 2.24) is 15.0 Å². The minimum Gasteiger partial charge on any atom is -0.441 e. The van der Waals surface area contributed by atoms with Crippen LogP contribution in [0.5, 0.6) is 0 Å². The van der Waals surface area contributed by atoms with E-state index in [1.54, 1.807) is 17.4 Å². The van der Waals surface area contributed by atoms with E-state index < -0.39 is 0 Å². The number of aryl methyl sites for hydroxylation is 2. The predicted molar refractivity (Wildman–Crippen MR) is 85.3 cm³/mol. The van der Waals surface area contributed by atoms with Crippen LogP contribution in [0.15, 0.2) is 32.5 Å². The Morgan fingerprint density at radius 3 is 2.86 bits per heavy atom. The van der Waals surface area contributed by atoms with Crippen LogP contribution >= 0.6 is 23.1 Å². The summed E-state index contributed by atoms with van der Waals surface area (Å²) in [6.45, 7) is 3.82. The first-order valence-corrected chi connectivity index (χ1v) is 8.27. The fraction of sp³-hybridized carbons (Fsp3) is 0.214. The van der Waals surface area contributed by atoms with E-state index in [0.717, 1.165) is 22.7 Å². The lowest BCUT2D eigenvalue weighted by atomic mass is 10.3. The van der Waals surface area contributed by atoms with Gasteiger partial charge < -0.3 is 10.2 Å². The Labute approximate surface area is 130 Å². The van der Waals surface area contributed by atoms with E-state index in [-0.39, 0.29) is 0 Å². The second-order valence-electron chi connectivity index (χ2n) is 4.54. The van der Waals surface area contributed by atoms with Gasteiger partial charge >= 0.3 is 0 Å². The highest BCUT2D eigenvalue weighted by Gasteiger charge is 2.13. The first-order chi connectivity index (χ1) is 10.1. The molecule has 0 amide bonds. The molecule has 3 aromatic heterocycles. The summed E-state index contributed by atoms with van der Waals surface area (Å²) < 4.78 is 5.71. The average Bonchev–Trinajstić information content (AvgIpc) is 3.04. The molecule has 0 spiro atoms. The van der Waals surface area contributed by atoms with E-state index in [9.17, 15) is 0 Å². The molecule has 0 unspecified atom stereocenters. The van der Waals surface area contributed by atoms with Crippen molar-refractivity contribution in [1.29, 1.82) is 0 Å². The fourth-order valence-corrected chi connectivity index (χ4v) is 3.38. The quantitative estimate of drug-likeness (QED) is 0.584. The number of thioether (sulfide) groups is 1. The maximum absolute atomic E-state index is 5.73. The Balaban J connectivity index is 1.76. The molecule has 3 heterocycles. The number of hydrogen-bond acceptors (Lipinski definition) is 7. The van der Waals surface area contributed by atoms with Gasteiger partial charge in [-0.3, -0.25) is 0 Å². The standard InChI is InChI=1S/C14H14N4OS2/c1-8-5-12(15)18-14(16-8)21-7-11-9(2)19-13(17-11)10-3-4-20-6-10/h3-6H,7H2,1-2H3,(H2,15,16,18). The highest BCUT2D eigenvalue weighted by molar-refractivity contribution is 7.98. The molecule has 3 rings (SSSR count). The van der Waals surface area contributed by atoms with Crippen molar-refractivity contribution in [2.45, 2.75) is 24.8 Å². The third-order valence-electron chi connectivity index (χ3n) is 2.85. The molecule has 2 N–H and O–H groups in total. The lowest BCUT2D eigenvalue weighted by Crippen LogP contribution is -1.97. The zero-order chi connectivity index (χ0) is 14.8. The molecular weight excluding hydrogens is 304 g/mol. The third kappa shape index (κ3) is 3.25. The van der Waals surface area contributed by atoms with E-state index in [1.165, 1.54) is 11.8 Å². The van der Waals surface area contributed by atoms with Gasteiger partial charge in [-0.1, -0.05) is 11.8 Å². The lowest BCUT2D eigenvalue weighted by Gasteiger charge is -2.01. The maximum atomic E-state index is 5.73. The van der Waals surface area contributed by atoms with Crippen molar-refractivity contribution in [3.05, 3.63) is 40.0 Å². The van der Waals surface area contributed by atoms with Crippen LogP contribution < -0.4 is 5.73 Å². The van der Waals surface area contributed by atoms with Crippen LogP contribution in [0, 0.1) is 13.8 Å². The number of nitrogens with zero attached hydrogens (tertiary/aromatic N) is 3. The van der Waals surface area contributed by atoms with Gasteiger partial charge in [0.2, 0.25) is 5.89 Å². The molecule has 0 atom stereocenters. The van der Waals surface area contributed by atoms with Gasteiger partial charge in [-0.05, 0) is 25.3 Å². The van der Waals surface area contributed by atoms with Crippen LogP contribution in [0.25, 0.3) is 11.5 Å². The molecule has 0 aromatic carbocycles. The van der Waals surface area contributed by atoms with Crippen LogP contribution in [0.4, 0.5) is 5.82 Å². The Hall–Kier alpha value is -1.86. The molecule has 0 fully saturated rings. The molecule has 0 radical (unpaired) electrons. The van der Waals surface area contributed by atoms with E-state index in [0.29, 0.717) is 22.6 Å². The molecule has 0 bridgehead atoms. The minimum absolute atomic E-state index is 0.487. The zero-order valence-corrected chi connectivity index (χ0v) is 13.3. The van der Waals surface area contributed by atoms with Crippen molar-refractivity contribution >= 4 is 28.9 Å². The Bertz CT molecular complexity index is 732. The van der Waals surface area contributed by atoms with Crippen LogP contribution in [-0.4, -0.2) is 15.0 Å². The molecular formula is C14H14N4OS2. The monoisotopic (exact) mass is 318 g/mol. The number of aromatic nitrogens is 3. The third-order valence-corrected chi connectivity index (χ3v) is 4.39. The number of oxazole rings is 1. The summed E-state index contributed by atoms with van der Waals surface area (Å²) in [4.78, 5) is 13.1. The predicted octanol–water partition coefficient (Wildman–Crippen LogP) is 3.68. The Morgan fingerprint density at radius 1 is 1.29 bits per heavy atom. The van der Waals surface area contributed by atoms with Gasteiger partial charge in [0.25, 0.3) is 0 Å². The van der Waals surface area contributed by atoms with Gasteiger partial charge in [0.1, 0.15) is 11.6 Å². The highest BCUT2D eigenvalue weighted by Crippen LogP contribution is 2.27. The minimum atomic E-state index is 0.487. The van der Waals surface area contributed by atoms with E-state index >= 15 is 0 Å². The molecule has 21 heavy (non-hydrogen) atoms. The maximum Gasteiger partial charge on any atom is 0.227 e. The van der Waals surface area contributed by atoms with Gasteiger partial charge in [0, 0.05) is 28.5 Å². The number of nitrogens with two attached hydrogens (primary N) is 1. The number of rotatable bonds is 4. The normalized spacial score (nSPS) is 11.0. The van der Waals surface area contributed by atoms with E-state index in [1.807, 2.05) is 30.7 Å². The molecule has 3 aromatic rings. The molecule has 0 saturated heterocycles. The topological polar surface area (TPSA) is 77.8 Å². The van der Waals surface area contributed by atoms with Gasteiger partial charge in [0.15, 0.2) is 5.16 Å². The number of hydrogen-bond donors (Lipinski definition) is 1. The first kappa shape index (κ1) is 14.1. The summed E-state index contributed by atoms with van der Waals surface area (Å²) in [6.07, 6.45) is 0. The molecule has 7 heteroatoms. The average molecular weight is 318 g/mol. The van der Waals surface area contributed by atoms with E-state index in [2.05, 4.69) is 15.0 Å². The summed E-state index contributed by atoms with van der Waals surface area (Å²) >= 11 is 3.13. The summed E-state index contributed by atoms with van der Waals surface area (Å²) in [7, 11) is 0. The number of anilines is 1. The van der Waals surface area contributed by atoms with Crippen LogP contribution in [0.2, 0.25) is 0 Å². The van der Waals surface area contributed by atoms with Crippen molar-refractivity contribution in [3.8, 4) is 11.5 Å². The second-order valence-corrected chi connectivity index (χ2v) is 6.26. The van der Waals surface area contributed by atoms with Crippen molar-refractivity contribution < 1.29 is 4.42 Å². The molecule has 108 valence electrons. The fourth-order valence-electron chi connectivity index (χ4n) is 1.83. The summed E-state index contributed by atoms with van der Waals surface area (Å²) in [5.74, 6) is 2.63. The number of thiophene rings is 1. The van der Waals surface area contributed by atoms with Crippen molar-refractivity contribution in [2.24, 2.45) is 0 Å². The van der Waals surface area contributed by atoms with E-state index in [4.69, 9.17) is 10.2 Å². The van der Waals surface area contributed by atoms with Crippen molar-refractivity contribution in [3.63, 3.8) is 0 Å². The largest absolute Gasteiger partial charge is 0.441 e. The molecule has 0 saturated carbocycles. The van der Waals surface area contributed by atoms with Gasteiger partial charge in [-0.15, -0.1) is 0 Å². The van der Waals surface area contributed by atoms with Gasteiger partial charge in [0.05, 0.1) is 5.69 Å². The first-order valence-electron chi connectivity index (χ1n) is 6.34. The Kier molecular flexibility index (Phi) is 3.94. The Morgan fingerprint density at radius 2 is 2.14 bits per heavy atom. The van der Waals surface area contributed by atoms with Crippen LogP contribution in [0.3, 0.4) is 0 Å². The lowest BCUT2D eigenvalue weighted by molar-refractivity contribution is 0.541. The molecule has 0 aliphatic rings. The summed E-state index contributed by atoms with van der Waals surface area (Å²) in [5.41, 5.74) is 8.51. The summed E-state index contributed by atoms with van der Waals surface area (Å²) in [5, 5.41) is 4.69. The smallest absolute Gasteiger partial charge is 0.227 e. The molecule has 0 aliphatic carbocycles.